The molecule has 5 nitrogen and oxygen atoms in total. The molecule has 1 aromatic carbocycles. The van der Waals surface area contributed by atoms with Crippen molar-refractivity contribution < 1.29 is 4.79 Å². The number of amides is 1. The molecule has 0 saturated carbocycles. The van der Waals surface area contributed by atoms with Gasteiger partial charge < -0.3 is 15.1 Å². The highest BCUT2D eigenvalue weighted by atomic mass is 16.1. The smallest absolute Gasteiger partial charge is 0.252 e. The van der Waals surface area contributed by atoms with Gasteiger partial charge in [0.05, 0.1) is 17.4 Å². The number of unbranched alkanes of at least 4 members (excludes halogenated alkanes) is 1. The monoisotopic (exact) mass is 366 g/mol. The van der Waals surface area contributed by atoms with Gasteiger partial charge in [0.1, 0.15) is 0 Å². The molecule has 0 atom stereocenters. The lowest BCUT2D eigenvalue weighted by Crippen LogP contribution is -2.46. The number of pyridine rings is 1. The van der Waals surface area contributed by atoms with Crippen LogP contribution < -0.4 is 15.1 Å². The third kappa shape index (κ3) is 4.59. The van der Waals surface area contributed by atoms with Crippen molar-refractivity contribution >= 4 is 17.3 Å². The van der Waals surface area contributed by atoms with Crippen LogP contribution in [0.15, 0.2) is 36.7 Å². The number of benzene rings is 1. The summed E-state index contributed by atoms with van der Waals surface area (Å²) in [6, 6.07) is 8.47. The van der Waals surface area contributed by atoms with Crippen molar-refractivity contribution in [3.8, 4) is 0 Å². The Morgan fingerprint density at radius 2 is 1.85 bits per heavy atom. The molecule has 1 N–H and O–H groups in total. The summed E-state index contributed by atoms with van der Waals surface area (Å²) in [7, 11) is 0. The molecular weight excluding hydrogens is 336 g/mol. The van der Waals surface area contributed by atoms with Crippen LogP contribution in [0.2, 0.25) is 0 Å². The lowest BCUT2D eigenvalue weighted by atomic mass is 10.1. The van der Waals surface area contributed by atoms with E-state index < -0.39 is 0 Å². The third-order valence-electron chi connectivity index (χ3n) is 5.36. The van der Waals surface area contributed by atoms with Crippen LogP contribution in [-0.4, -0.2) is 43.6 Å². The van der Waals surface area contributed by atoms with Gasteiger partial charge in [0.25, 0.3) is 5.91 Å². The van der Waals surface area contributed by atoms with Crippen molar-refractivity contribution in [1.29, 1.82) is 0 Å². The van der Waals surface area contributed by atoms with E-state index in [2.05, 4.69) is 59.1 Å². The summed E-state index contributed by atoms with van der Waals surface area (Å²) < 4.78 is 0. The predicted octanol–water partition coefficient (Wildman–Crippen LogP) is 3.55. The molecule has 1 aliphatic rings. The number of rotatable bonds is 6. The average molecular weight is 367 g/mol. The van der Waals surface area contributed by atoms with E-state index in [9.17, 15) is 4.79 Å². The molecule has 144 valence electrons. The number of carbonyl (C=O) groups excluding carboxylic acids is 1. The van der Waals surface area contributed by atoms with Gasteiger partial charge in [-0.1, -0.05) is 25.5 Å². The molecular formula is C22H30N4O. The molecule has 0 spiro atoms. The summed E-state index contributed by atoms with van der Waals surface area (Å²) in [5.74, 6) is -0.0354. The number of hydrogen-bond donors (Lipinski definition) is 1. The number of nitrogens with zero attached hydrogens (tertiary/aromatic N) is 3. The van der Waals surface area contributed by atoms with E-state index in [0.29, 0.717) is 12.1 Å². The molecule has 2 heterocycles. The molecule has 1 amide bonds. The number of carbonyl (C=O) groups is 1. The summed E-state index contributed by atoms with van der Waals surface area (Å²) in [6.07, 6.45) is 5.58. The Kier molecular flexibility index (Phi) is 6.32. The predicted molar refractivity (Wildman–Crippen MR) is 112 cm³/mol. The minimum absolute atomic E-state index is 0.0354. The SMILES string of the molecule is CCCCNC(=O)c1cncc(N2CCN(c3cccc(C)c3C)CC2)c1. The molecule has 3 rings (SSSR count). The van der Waals surface area contributed by atoms with E-state index in [1.807, 2.05) is 12.3 Å². The number of aryl methyl sites for hydroxylation is 1. The first kappa shape index (κ1) is 19.2. The summed E-state index contributed by atoms with van der Waals surface area (Å²) in [4.78, 5) is 21.3. The number of anilines is 2. The number of nitrogens with one attached hydrogen (secondary N) is 1. The van der Waals surface area contributed by atoms with Crippen LogP contribution in [0.5, 0.6) is 0 Å². The Hall–Kier alpha value is -2.56. The fourth-order valence-corrected chi connectivity index (χ4v) is 3.49. The van der Waals surface area contributed by atoms with Crippen molar-refractivity contribution in [1.82, 2.24) is 10.3 Å². The van der Waals surface area contributed by atoms with E-state index in [1.165, 1.54) is 16.8 Å². The zero-order valence-corrected chi connectivity index (χ0v) is 16.7. The van der Waals surface area contributed by atoms with E-state index in [4.69, 9.17) is 0 Å². The largest absolute Gasteiger partial charge is 0.368 e. The van der Waals surface area contributed by atoms with Gasteiger partial charge in [-0.3, -0.25) is 9.78 Å². The molecule has 5 heteroatoms. The second kappa shape index (κ2) is 8.89. The Bertz CT molecular complexity index is 782. The molecule has 0 radical (unpaired) electrons. The Balaban J connectivity index is 1.63. The topological polar surface area (TPSA) is 48.5 Å². The van der Waals surface area contributed by atoms with Crippen LogP contribution in [0.1, 0.15) is 41.3 Å². The second-order valence-electron chi connectivity index (χ2n) is 7.23. The summed E-state index contributed by atoms with van der Waals surface area (Å²) >= 11 is 0. The van der Waals surface area contributed by atoms with Gasteiger partial charge in [-0.25, -0.2) is 0 Å². The second-order valence-corrected chi connectivity index (χ2v) is 7.23. The third-order valence-corrected chi connectivity index (χ3v) is 5.36. The van der Waals surface area contributed by atoms with E-state index in [-0.39, 0.29) is 5.91 Å². The molecule has 0 bridgehead atoms. The van der Waals surface area contributed by atoms with Crippen LogP contribution in [-0.2, 0) is 0 Å². The zero-order valence-electron chi connectivity index (χ0n) is 16.7. The molecule has 0 unspecified atom stereocenters. The first-order chi connectivity index (χ1) is 13.1. The highest BCUT2D eigenvalue weighted by molar-refractivity contribution is 5.94. The summed E-state index contributed by atoms with van der Waals surface area (Å²) in [6.45, 7) is 11.0. The maximum atomic E-state index is 12.3. The molecule has 1 aliphatic heterocycles. The summed E-state index contributed by atoms with van der Waals surface area (Å²) in [5.41, 5.74) is 5.69. The lowest BCUT2D eigenvalue weighted by molar-refractivity contribution is 0.0953. The van der Waals surface area contributed by atoms with Gasteiger partial charge in [0, 0.05) is 44.6 Å². The van der Waals surface area contributed by atoms with Crippen LogP contribution >= 0.6 is 0 Å². The van der Waals surface area contributed by atoms with Gasteiger partial charge in [-0.05, 0) is 43.5 Å². The first-order valence-corrected chi connectivity index (χ1v) is 9.89. The van der Waals surface area contributed by atoms with Gasteiger partial charge in [0.2, 0.25) is 0 Å². The molecule has 27 heavy (non-hydrogen) atoms. The molecule has 1 fully saturated rings. The van der Waals surface area contributed by atoms with Crippen LogP contribution in [0.25, 0.3) is 0 Å². The molecule has 1 aromatic heterocycles. The Morgan fingerprint density at radius 3 is 2.59 bits per heavy atom. The minimum atomic E-state index is -0.0354. The fourth-order valence-electron chi connectivity index (χ4n) is 3.49. The van der Waals surface area contributed by atoms with Gasteiger partial charge in [-0.15, -0.1) is 0 Å². The molecule has 0 aliphatic carbocycles. The highest BCUT2D eigenvalue weighted by Gasteiger charge is 2.20. The van der Waals surface area contributed by atoms with Crippen molar-refractivity contribution in [2.45, 2.75) is 33.6 Å². The zero-order chi connectivity index (χ0) is 19.2. The Labute approximate surface area is 162 Å². The molecule has 2 aromatic rings. The quantitative estimate of drug-likeness (QED) is 0.794. The van der Waals surface area contributed by atoms with Gasteiger partial charge in [0.15, 0.2) is 0 Å². The minimum Gasteiger partial charge on any atom is -0.368 e. The van der Waals surface area contributed by atoms with E-state index in [0.717, 1.165) is 44.7 Å². The van der Waals surface area contributed by atoms with E-state index in [1.54, 1.807) is 6.20 Å². The summed E-state index contributed by atoms with van der Waals surface area (Å²) in [5, 5.41) is 2.96. The standard InChI is InChI=1S/C22H30N4O/c1-4-5-9-24-22(27)19-14-20(16-23-15-19)25-10-12-26(13-11-25)21-8-6-7-17(2)18(21)3/h6-8,14-16H,4-5,9-13H2,1-3H3,(H,24,27). The Morgan fingerprint density at radius 1 is 1.11 bits per heavy atom. The number of aromatic nitrogens is 1. The highest BCUT2D eigenvalue weighted by Crippen LogP contribution is 2.25. The lowest BCUT2D eigenvalue weighted by Gasteiger charge is -2.38. The van der Waals surface area contributed by atoms with Gasteiger partial charge >= 0.3 is 0 Å². The molecule has 1 saturated heterocycles. The van der Waals surface area contributed by atoms with Crippen molar-refractivity contribution in [2.75, 3.05) is 42.5 Å². The number of piperazine rings is 1. The fraction of sp³-hybridized carbons (Fsp3) is 0.455. The van der Waals surface area contributed by atoms with Crippen molar-refractivity contribution in [3.63, 3.8) is 0 Å². The van der Waals surface area contributed by atoms with Crippen LogP contribution in [0.4, 0.5) is 11.4 Å². The average Bonchev–Trinajstić information content (AvgIpc) is 2.70. The van der Waals surface area contributed by atoms with Gasteiger partial charge in [-0.2, -0.15) is 0 Å². The normalized spacial score (nSPS) is 14.3. The number of hydrogen-bond acceptors (Lipinski definition) is 4. The maximum absolute atomic E-state index is 12.3. The van der Waals surface area contributed by atoms with Crippen molar-refractivity contribution in [2.24, 2.45) is 0 Å². The maximum Gasteiger partial charge on any atom is 0.252 e. The van der Waals surface area contributed by atoms with E-state index >= 15 is 0 Å². The first-order valence-electron chi connectivity index (χ1n) is 9.89. The van der Waals surface area contributed by atoms with Crippen molar-refractivity contribution in [3.05, 3.63) is 53.3 Å². The van der Waals surface area contributed by atoms with Crippen LogP contribution in [0.3, 0.4) is 0 Å². The van der Waals surface area contributed by atoms with Crippen LogP contribution in [0, 0.1) is 13.8 Å².